The number of ether oxygens (including phenoxy) is 1. The van der Waals surface area contributed by atoms with Crippen molar-refractivity contribution < 1.29 is 4.74 Å². The van der Waals surface area contributed by atoms with Crippen molar-refractivity contribution in [3.05, 3.63) is 30.1 Å². The van der Waals surface area contributed by atoms with Gasteiger partial charge in [-0.15, -0.1) is 0 Å². The Balaban J connectivity index is 1.30. The number of aromatic nitrogens is 2. The predicted molar refractivity (Wildman–Crippen MR) is 117 cm³/mol. The van der Waals surface area contributed by atoms with E-state index in [1.54, 1.807) is 10.7 Å². The number of fused-ring (bicyclic) bond motifs is 2. The fraction of sp³-hybridized carbons (Fsp3) is 0.652. The lowest BCUT2D eigenvalue weighted by molar-refractivity contribution is -0.0305. The Kier molecular flexibility index (Phi) is 5.18. The van der Waals surface area contributed by atoms with Gasteiger partial charge in [0.2, 0.25) is 0 Å². The standard InChI is InChI=1S/C23H32N6O/c1-16-11-28(22-7-5-18(10-24)29-23(22)8-9-25-29)14-19(30-16)13-27-12-17-4-6-21(26(2)3)20(17)15-27/h5,7-9,16-17,19-21H,4,6,11-15H2,1-3H3/t16-,17?,19+,20?,21-/m1/s1. The first-order valence-electron chi connectivity index (χ1n) is 11.2. The number of nitriles is 1. The van der Waals surface area contributed by atoms with Crippen LogP contribution in [0.1, 0.15) is 25.5 Å². The Morgan fingerprint density at radius 1 is 1.17 bits per heavy atom. The van der Waals surface area contributed by atoms with Crippen molar-refractivity contribution in [3.63, 3.8) is 0 Å². The third-order valence-corrected chi connectivity index (χ3v) is 7.33. The molecule has 5 atom stereocenters. The van der Waals surface area contributed by atoms with Crippen LogP contribution in [-0.2, 0) is 4.74 Å². The number of nitrogens with zero attached hydrogens (tertiary/aromatic N) is 6. The lowest BCUT2D eigenvalue weighted by atomic mass is 9.97. The topological polar surface area (TPSA) is 60.0 Å². The molecule has 1 aliphatic carbocycles. The average Bonchev–Trinajstić information content (AvgIpc) is 3.41. The highest BCUT2D eigenvalue weighted by Gasteiger charge is 2.44. The maximum absolute atomic E-state index is 9.37. The minimum atomic E-state index is 0.180. The molecule has 2 saturated heterocycles. The molecule has 7 nitrogen and oxygen atoms in total. The molecular formula is C23H32N6O. The molecule has 1 saturated carbocycles. The number of likely N-dealkylation sites (tertiary alicyclic amines) is 1. The van der Waals surface area contributed by atoms with Crippen molar-refractivity contribution in [3.8, 4) is 6.07 Å². The molecule has 3 fully saturated rings. The second kappa shape index (κ2) is 7.84. The van der Waals surface area contributed by atoms with Gasteiger partial charge in [0.05, 0.1) is 29.6 Å². The van der Waals surface area contributed by atoms with Gasteiger partial charge in [-0.2, -0.15) is 10.4 Å². The van der Waals surface area contributed by atoms with Gasteiger partial charge >= 0.3 is 0 Å². The Morgan fingerprint density at radius 3 is 2.83 bits per heavy atom. The Bertz CT molecular complexity index is 949. The van der Waals surface area contributed by atoms with E-state index in [0.29, 0.717) is 5.69 Å². The second-order valence-corrected chi connectivity index (χ2v) is 9.57. The lowest BCUT2D eigenvalue weighted by Gasteiger charge is -2.40. The molecule has 3 aliphatic rings. The van der Waals surface area contributed by atoms with Crippen LogP contribution < -0.4 is 4.90 Å². The zero-order chi connectivity index (χ0) is 20.8. The van der Waals surface area contributed by atoms with E-state index in [9.17, 15) is 5.26 Å². The first kappa shape index (κ1) is 19.8. The Labute approximate surface area is 178 Å². The molecule has 4 heterocycles. The Morgan fingerprint density at radius 2 is 2.03 bits per heavy atom. The van der Waals surface area contributed by atoms with E-state index in [4.69, 9.17) is 4.74 Å². The number of hydrogen-bond acceptors (Lipinski definition) is 6. The monoisotopic (exact) mass is 408 g/mol. The van der Waals surface area contributed by atoms with Crippen molar-refractivity contribution in [2.45, 2.75) is 38.0 Å². The summed E-state index contributed by atoms with van der Waals surface area (Å²) in [6.07, 6.45) is 4.86. The van der Waals surface area contributed by atoms with Crippen LogP contribution >= 0.6 is 0 Å². The van der Waals surface area contributed by atoms with Crippen molar-refractivity contribution in [1.82, 2.24) is 19.4 Å². The fourth-order valence-corrected chi connectivity index (χ4v) is 6.11. The van der Waals surface area contributed by atoms with Crippen LogP contribution in [0.5, 0.6) is 0 Å². The summed E-state index contributed by atoms with van der Waals surface area (Å²) in [5.41, 5.74) is 2.69. The first-order chi connectivity index (χ1) is 14.5. The first-order valence-corrected chi connectivity index (χ1v) is 11.2. The number of anilines is 1. The van der Waals surface area contributed by atoms with Crippen molar-refractivity contribution in [2.24, 2.45) is 11.8 Å². The minimum absolute atomic E-state index is 0.180. The van der Waals surface area contributed by atoms with E-state index in [0.717, 1.165) is 48.7 Å². The van der Waals surface area contributed by atoms with E-state index in [1.165, 1.54) is 25.9 Å². The van der Waals surface area contributed by atoms with Gasteiger partial charge in [-0.25, -0.2) is 4.52 Å². The van der Waals surface area contributed by atoms with Crippen LogP contribution in [-0.4, -0.2) is 84.5 Å². The van der Waals surface area contributed by atoms with Gasteiger partial charge < -0.3 is 19.4 Å². The second-order valence-electron chi connectivity index (χ2n) is 9.57. The summed E-state index contributed by atoms with van der Waals surface area (Å²) in [6.45, 7) is 7.31. The van der Waals surface area contributed by atoms with Gasteiger partial charge in [0, 0.05) is 38.8 Å². The molecule has 2 aliphatic heterocycles. The van der Waals surface area contributed by atoms with E-state index in [1.807, 2.05) is 12.1 Å². The molecule has 2 unspecified atom stereocenters. The molecule has 7 heteroatoms. The highest BCUT2D eigenvalue weighted by Crippen LogP contribution is 2.40. The molecule has 30 heavy (non-hydrogen) atoms. The highest BCUT2D eigenvalue weighted by atomic mass is 16.5. The van der Waals surface area contributed by atoms with Gasteiger partial charge in [0.25, 0.3) is 0 Å². The maximum atomic E-state index is 9.37. The fourth-order valence-electron chi connectivity index (χ4n) is 6.11. The molecule has 160 valence electrons. The third kappa shape index (κ3) is 3.47. The molecule has 0 bridgehead atoms. The predicted octanol–water partition coefficient (Wildman–Crippen LogP) is 2.07. The largest absolute Gasteiger partial charge is 0.370 e. The molecule has 2 aromatic rings. The number of rotatable bonds is 4. The molecule has 0 radical (unpaired) electrons. The molecular weight excluding hydrogens is 376 g/mol. The van der Waals surface area contributed by atoms with Gasteiger partial charge in [-0.1, -0.05) is 0 Å². The van der Waals surface area contributed by atoms with Gasteiger partial charge in [-0.3, -0.25) is 0 Å². The summed E-state index contributed by atoms with van der Waals surface area (Å²) in [5.74, 6) is 1.65. The zero-order valence-corrected chi connectivity index (χ0v) is 18.2. The number of pyridine rings is 1. The highest BCUT2D eigenvalue weighted by molar-refractivity contribution is 5.74. The SMILES string of the molecule is C[C@@H]1CN(c2ccc(C#N)n3nccc23)C[C@H](CN2CC3CC[C@@H](N(C)C)C3C2)O1. The van der Waals surface area contributed by atoms with Crippen LogP contribution in [0.4, 0.5) is 5.69 Å². The quantitative estimate of drug-likeness (QED) is 0.772. The van der Waals surface area contributed by atoms with Crippen molar-refractivity contribution in [2.75, 3.05) is 51.7 Å². The van der Waals surface area contributed by atoms with Crippen LogP contribution in [0.25, 0.3) is 5.52 Å². The van der Waals surface area contributed by atoms with Crippen molar-refractivity contribution in [1.29, 1.82) is 5.26 Å². The zero-order valence-electron chi connectivity index (χ0n) is 18.2. The lowest BCUT2D eigenvalue weighted by Crippen LogP contribution is -2.51. The smallest absolute Gasteiger partial charge is 0.142 e. The minimum Gasteiger partial charge on any atom is -0.370 e. The average molecular weight is 409 g/mol. The molecule has 2 aromatic heterocycles. The van der Waals surface area contributed by atoms with Crippen LogP contribution in [0, 0.1) is 23.2 Å². The van der Waals surface area contributed by atoms with Gasteiger partial charge in [0.1, 0.15) is 11.8 Å². The van der Waals surface area contributed by atoms with Crippen LogP contribution in [0.2, 0.25) is 0 Å². The number of hydrogen-bond donors (Lipinski definition) is 0. The summed E-state index contributed by atoms with van der Waals surface area (Å²) in [5, 5.41) is 13.7. The van der Waals surface area contributed by atoms with E-state index in [2.05, 4.69) is 53.0 Å². The van der Waals surface area contributed by atoms with E-state index >= 15 is 0 Å². The molecule has 5 rings (SSSR count). The van der Waals surface area contributed by atoms with Crippen molar-refractivity contribution >= 4 is 11.2 Å². The summed E-state index contributed by atoms with van der Waals surface area (Å²) in [6, 6.07) is 8.89. The Hall–Kier alpha value is -2.14. The summed E-state index contributed by atoms with van der Waals surface area (Å²) >= 11 is 0. The summed E-state index contributed by atoms with van der Waals surface area (Å²) < 4.78 is 8.11. The van der Waals surface area contributed by atoms with Crippen LogP contribution in [0.3, 0.4) is 0 Å². The normalized spacial score (nSPS) is 32.1. The number of morpholine rings is 1. The molecule has 0 N–H and O–H groups in total. The van der Waals surface area contributed by atoms with Gasteiger partial charge in [0.15, 0.2) is 0 Å². The van der Waals surface area contributed by atoms with Crippen LogP contribution in [0.15, 0.2) is 24.4 Å². The maximum Gasteiger partial charge on any atom is 0.142 e. The third-order valence-electron chi connectivity index (χ3n) is 7.33. The van der Waals surface area contributed by atoms with E-state index < -0.39 is 0 Å². The molecule has 0 spiro atoms. The molecule has 0 aromatic carbocycles. The van der Waals surface area contributed by atoms with Gasteiger partial charge in [-0.05, 0) is 63.9 Å². The molecule has 0 amide bonds. The summed E-state index contributed by atoms with van der Waals surface area (Å²) in [4.78, 5) is 7.48. The van der Waals surface area contributed by atoms with E-state index in [-0.39, 0.29) is 12.2 Å². The summed E-state index contributed by atoms with van der Waals surface area (Å²) in [7, 11) is 4.46.